The molecule has 4 heterocycles. The third-order valence-corrected chi connectivity index (χ3v) is 8.16. The van der Waals surface area contributed by atoms with Crippen molar-refractivity contribution in [2.45, 2.75) is 38.4 Å². The number of pyridine rings is 1. The number of nitrogens with zero attached hydrogens (tertiary/aromatic N) is 6. The molecule has 4 rings (SSSR count). The maximum atomic E-state index is 13.4. The van der Waals surface area contributed by atoms with Crippen LogP contribution in [-0.4, -0.2) is 60.5 Å². The molecule has 0 aromatic carbocycles. The van der Waals surface area contributed by atoms with Crippen molar-refractivity contribution in [2.75, 3.05) is 18.9 Å². The third kappa shape index (κ3) is 5.72. The van der Waals surface area contributed by atoms with E-state index in [0.29, 0.717) is 40.6 Å². The number of amides is 1. The Morgan fingerprint density at radius 1 is 1.18 bits per heavy atom. The van der Waals surface area contributed by atoms with Gasteiger partial charge in [0.15, 0.2) is 11.6 Å². The summed E-state index contributed by atoms with van der Waals surface area (Å²) in [5.41, 5.74) is 1.04. The normalized spacial score (nSPS) is 16.0. The van der Waals surface area contributed by atoms with E-state index in [2.05, 4.69) is 42.1 Å². The van der Waals surface area contributed by atoms with Crippen LogP contribution in [0.5, 0.6) is 5.88 Å². The number of aromatic nitrogens is 6. The lowest BCUT2D eigenvalue weighted by Gasteiger charge is -2.24. The summed E-state index contributed by atoms with van der Waals surface area (Å²) in [5, 5.41) is 13.6. The summed E-state index contributed by atoms with van der Waals surface area (Å²) in [7, 11) is 2.52. The first-order valence-corrected chi connectivity index (χ1v) is 13.2. The number of anilines is 1. The number of carbonyl (C=O) groups excluding carboxylic acids is 1. The molecule has 1 aliphatic heterocycles. The van der Waals surface area contributed by atoms with Gasteiger partial charge in [-0.05, 0) is 24.4 Å². The van der Waals surface area contributed by atoms with Gasteiger partial charge < -0.3 is 19.5 Å². The van der Waals surface area contributed by atoms with Gasteiger partial charge in [0, 0.05) is 23.4 Å². The second-order valence-electron chi connectivity index (χ2n) is 8.30. The van der Waals surface area contributed by atoms with E-state index in [4.69, 9.17) is 9.47 Å². The Morgan fingerprint density at radius 3 is 2.63 bits per heavy atom. The number of hydrogen-bond donors (Lipinski definition) is 2. The number of hydrogen-bond acceptors (Lipinski definition) is 9. The highest BCUT2D eigenvalue weighted by Crippen LogP contribution is 2.35. The number of methoxy groups -OCH3 is 2. The van der Waals surface area contributed by atoms with Gasteiger partial charge in [-0.2, -0.15) is 0 Å². The van der Waals surface area contributed by atoms with E-state index in [0.717, 1.165) is 0 Å². The lowest BCUT2D eigenvalue weighted by molar-refractivity contribution is -0.119. The first kappa shape index (κ1) is 26.9. The Balaban J connectivity index is 1.79. The molecule has 3 aromatic rings. The lowest BCUT2D eigenvalue weighted by atomic mass is 10.1. The fourth-order valence-corrected chi connectivity index (χ4v) is 5.49. The summed E-state index contributed by atoms with van der Waals surface area (Å²) in [6.07, 6.45) is 5.56. The van der Waals surface area contributed by atoms with Crippen molar-refractivity contribution in [1.82, 2.24) is 35.0 Å². The maximum absolute atomic E-state index is 13.4. The van der Waals surface area contributed by atoms with Gasteiger partial charge in [0.1, 0.15) is 17.3 Å². The van der Waals surface area contributed by atoms with Gasteiger partial charge in [-0.15, -0.1) is 10.2 Å². The summed E-state index contributed by atoms with van der Waals surface area (Å²) < 4.78 is 29.5. The van der Waals surface area contributed by atoms with Gasteiger partial charge in [0.25, 0.3) is 0 Å². The zero-order valence-corrected chi connectivity index (χ0v) is 22.5. The second-order valence-corrected chi connectivity index (χ2v) is 10.5. The molecule has 2 N–H and O–H groups in total. The third-order valence-electron chi connectivity index (χ3n) is 6.02. The molecule has 1 unspecified atom stereocenters. The lowest BCUT2D eigenvalue weighted by Crippen LogP contribution is -2.20. The Bertz CT molecular complexity index is 1400. The highest BCUT2D eigenvalue weighted by atomic mass is 32.2. The van der Waals surface area contributed by atoms with Crippen LogP contribution in [0.4, 0.5) is 10.3 Å². The molecular formula is C25H29FN8O3S. The molecule has 200 valence electrons. The molecule has 0 bridgehead atoms. The van der Waals surface area contributed by atoms with Crippen LogP contribution in [0.25, 0.3) is 17.2 Å². The van der Waals surface area contributed by atoms with Crippen molar-refractivity contribution in [2.24, 2.45) is 0 Å². The zero-order chi connectivity index (χ0) is 27.2. The molecule has 1 amide bonds. The smallest absolute Gasteiger partial charge is 0.239 e. The first-order valence-electron chi connectivity index (χ1n) is 11.8. The minimum atomic E-state index is -0.552. The zero-order valence-electron chi connectivity index (χ0n) is 21.7. The number of rotatable bonds is 9. The fourth-order valence-electron chi connectivity index (χ4n) is 3.86. The minimum Gasteiger partial charge on any atom is -0.495 e. The Labute approximate surface area is 222 Å². The monoisotopic (exact) mass is 540 g/mol. The van der Waals surface area contributed by atoms with Gasteiger partial charge in [-0.1, -0.05) is 30.6 Å². The van der Waals surface area contributed by atoms with Crippen molar-refractivity contribution in [3.05, 3.63) is 60.3 Å². The Hall–Kier alpha value is -4.13. The highest BCUT2D eigenvalue weighted by molar-refractivity contribution is 8.16. The molecule has 13 heteroatoms. The van der Waals surface area contributed by atoms with Crippen LogP contribution >= 0.6 is 10.7 Å². The highest BCUT2D eigenvalue weighted by Gasteiger charge is 2.27. The van der Waals surface area contributed by atoms with Gasteiger partial charge in [0.2, 0.25) is 17.7 Å². The minimum absolute atomic E-state index is 0.00205. The standard InChI is InChI=1S/C25H29FN8O3S/c1-6-38(16(3)15(2)23-28-13-17(26)14-29-23)33-25-32-31-24(18-8-7-9-22(30-18)37-5)34(25)19-12-21(35)27-11-10-20(19)36-4/h6-11,13-16H,12H2,1-5H3,(H,27,35)(H,32,33)/t15-,16-,38?/m0/s1. The van der Waals surface area contributed by atoms with Crippen molar-refractivity contribution in [3.8, 4) is 17.4 Å². The van der Waals surface area contributed by atoms with Crippen LogP contribution in [0.15, 0.2) is 48.6 Å². The Morgan fingerprint density at radius 2 is 1.95 bits per heavy atom. The fraction of sp³-hybridized carbons (Fsp3) is 0.320. The van der Waals surface area contributed by atoms with Gasteiger partial charge in [0.05, 0.1) is 38.7 Å². The topological polar surface area (TPSA) is 129 Å². The van der Waals surface area contributed by atoms with E-state index in [9.17, 15) is 9.18 Å². The summed E-state index contributed by atoms with van der Waals surface area (Å²) in [6, 6.07) is 5.32. The average molecular weight is 541 g/mol. The van der Waals surface area contributed by atoms with Crippen molar-refractivity contribution in [3.63, 3.8) is 0 Å². The molecule has 38 heavy (non-hydrogen) atoms. The molecule has 11 nitrogen and oxygen atoms in total. The summed E-state index contributed by atoms with van der Waals surface area (Å²) in [5.74, 6) is 1.43. The molecule has 0 radical (unpaired) electrons. The van der Waals surface area contributed by atoms with Crippen LogP contribution in [0.1, 0.15) is 38.9 Å². The number of ether oxygens (including phenoxy) is 2. The number of allylic oxidation sites excluding steroid dienone is 1. The summed E-state index contributed by atoms with van der Waals surface area (Å²) in [6.45, 7) is 5.99. The van der Waals surface area contributed by atoms with E-state index in [-0.39, 0.29) is 23.5 Å². The molecule has 3 atom stereocenters. The quantitative estimate of drug-likeness (QED) is 0.390. The number of nitrogens with one attached hydrogen (secondary N) is 2. The van der Waals surface area contributed by atoms with Crippen LogP contribution in [0, 0.1) is 5.82 Å². The van der Waals surface area contributed by atoms with Crippen LogP contribution in [0.2, 0.25) is 0 Å². The average Bonchev–Trinajstić information content (AvgIpc) is 3.26. The largest absolute Gasteiger partial charge is 0.495 e. The molecule has 0 saturated carbocycles. The molecule has 1 aliphatic rings. The summed E-state index contributed by atoms with van der Waals surface area (Å²) >= 11 is 0. The van der Waals surface area contributed by atoms with Crippen LogP contribution < -0.4 is 14.8 Å². The van der Waals surface area contributed by atoms with Crippen molar-refractivity contribution < 1.29 is 18.7 Å². The van der Waals surface area contributed by atoms with Crippen molar-refractivity contribution >= 4 is 33.6 Å². The second kappa shape index (κ2) is 11.9. The van der Waals surface area contributed by atoms with E-state index in [1.165, 1.54) is 32.8 Å². The van der Waals surface area contributed by atoms with E-state index < -0.39 is 16.5 Å². The van der Waals surface area contributed by atoms with Gasteiger partial charge in [-0.3, -0.25) is 9.36 Å². The van der Waals surface area contributed by atoms with E-state index in [1.807, 2.05) is 19.2 Å². The molecule has 0 aliphatic carbocycles. The number of halogens is 1. The van der Waals surface area contributed by atoms with Crippen molar-refractivity contribution in [1.29, 1.82) is 0 Å². The van der Waals surface area contributed by atoms with E-state index in [1.54, 1.807) is 28.8 Å². The molecule has 0 spiro atoms. The molecule has 3 aromatic heterocycles. The Kier molecular flexibility index (Phi) is 8.46. The molecule has 0 fully saturated rings. The first-order chi connectivity index (χ1) is 18.4. The van der Waals surface area contributed by atoms with Crippen LogP contribution in [-0.2, 0) is 9.53 Å². The maximum Gasteiger partial charge on any atom is 0.239 e. The molecule has 0 saturated heterocycles. The predicted molar refractivity (Wildman–Crippen MR) is 145 cm³/mol. The van der Waals surface area contributed by atoms with Gasteiger partial charge >= 0.3 is 0 Å². The number of carbonyl (C=O) groups is 1. The van der Waals surface area contributed by atoms with Crippen LogP contribution in [0.3, 0.4) is 0 Å². The summed E-state index contributed by atoms with van der Waals surface area (Å²) in [4.78, 5) is 25.4. The van der Waals surface area contributed by atoms with E-state index >= 15 is 0 Å². The van der Waals surface area contributed by atoms with Gasteiger partial charge in [-0.25, -0.2) is 19.3 Å². The molecular weight excluding hydrogens is 511 g/mol. The predicted octanol–water partition coefficient (Wildman–Crippen LogP) is 3.74. The SMILES string of the molecule is C/C=S(\Nc1nnc(-c2cccc(OC)n2)n1C1=C(OC)C=CNC(=O)C1)[C@@H](C)[C@H](C)c1ncc(F)cn1.